The van der Waals surface area contributed by atoms with Crippen molar-refractivity contribution in [2.24, 2.45) is 0 Å². The van der Waals surface area contributed by atoms with Gasteiger partial charge < -0.3 is 4.98 Å². The van der Waals surface area contributed by atoms with E-state index in [9.17, 15) is 13.2 Å². The maximum absolute atomic E-state index is 12.3. The molecule has 5 nitrogen and oxygen atoms in total. The van der Waals surface area contributed by atoms with E-state index in [4.69, 9.17) is 0 Å². The van der Waals surface area contributed by atoms with E-state index in [1.165, 1.54) is 0 Å². The van der Waals surface area contributed by atoms with Crippen LogP contribution >= 0.6 is 27.3 Å². The second-order valence-corrected chi connectivity index (χ2v) is 8.59. The molecule has 0 spiro atoms. The number of hydrogen-bond donors (Lipinski definition) is 2. The van der Waals surface area contributed by atoms with Crippen molar-refractivity contribution in [2.45, 2.75) is 30.5 Å². The topological polar surface area (TPSA) is 79.0 Å². The van der Waals surface area contributed by atoms with Gasteiger partial charge >= 0.3 is 4.87 Å². The summed E-state index contributed by atoms with van der Waals surface area (Å²) in [4.78, 5) is 13.3. The highest BCUT2D eigenvalue weighted by Gasteiger charge is 2.22. The Balaban J connectivity index is 2.11. The molecule has 2 N–H and O–H groups in total. The monoisotopic (exact) mass is 390 g/mol. The predicted octanol–water partition coefficient (Wildman–Crippen LogP) is 2.42. The van der Waals surface area contributed by atoms with E-state index in [0.29, 0.717) is 23.5 Å². The van der Waals surface area contributed by atoms with Gasteiger partial charge in [0.15, 0.2) is 4.21 Å². The van der Waals surface area contributed by atoms with Gasteiger partial charge in [0, 0.05) is 16.2 Å². The fourth-order valence-electron chi connectivity index (χ4n) is 1.98. The number of benzene rings is 1. The van der Waals surface area contributed by atoms with Crippen LogP contribution in [0.1, 0.15) is 18.2 Å². The number of H-pyrrole nitrogens is 1. The lowest BCUT2D eigenvalue weighted by molar-refractivity contribution is 0.561. The van der Waals surface area contributed by atoms with Crippen molar-refractivity contribution in [3.8, 4) is 0 Å². The van der Waals surface area contributed by atoms with E-state index < -0.39 is 10.0 Å². The molecule has 0 bridgehead atoms. The number of rotatable bonds is 5. The van der Waals surface area contributed by atoms with Gasteiger partial charge in [0.1, 0.15) is 0 Å². The van der Waals surface area contributed by atoms with Gasteiger partial charge in [-0.15, -0.1) is 0 Å². The van der Waals surface area contributed by atoms with E-state index >= 15 is 0 Å². The third kappa shape index (κ3) is 4.26. The zero-order valence-electron chi connectivity index (χ0n) is 11.5. The van der Waals surface area contributed by atoms with Gasteiger partial charge in [0.05, 0.1) is 0 Å². The number of hydrogen-bond acceptors (Lipinski definition) is 4. The molecule has 0 aliphatic rings. The molecule has 0 saturated carbocycles. The lowest BCUT2D eigenvalue weighted by Crippen LogP contribution is -2.34. The van der Waals surface area contributed by atoms with Crippen LogP contribution < -0.4 is 9.60 Å². The molecule has 1 atom stereocenters. The number of aryl methyl sites for hydroxylation is 1. The van der Waals surface area contributed by atoms with E-state index in [1.807, 2.05) is 24.3 Å². The van der Waals surface area contributed by atoms with Crippen molar-refractivity contribution >= 4 is 37.3 Å². The SMILES string of the molecule is Cc1[nH]c(=O)sc1S(=O)(=O)NC(C)Cc1ccc(Br)cc1. The molecular weight excluding hydrogens is 376 g/mol. The summed E-state index contributed by atoms with van der Waals surface area (Å²) < 4.78 is 28.1. The quantitative estimate of drug-likeness (QED) is 0.822. The van der Waals surface area contributed by atoms with E-state index in [-0.39, 0.29) is 15.1 Å². The molecule has 1 unspecified atom stereocenters. The lowest BCUT2D eigenvalue weighted by atomic mass is 10.1. The highest BCUT2D eigenvalue weighted by Crippen LogP contribution is 2.17. The van der Waals surface area contributed by atoms with E-state index in [2.05, 4.69) is 25.6 Å². The maximum Gasteiger partial charge on any atom is 0.305 e. The summed E-state index contributed by atoms with van der Waals surface area (Å²) in [6.07, 6.45) is 0.574. The fraction of sp³-hybridized carbons (Fsp3) is 0.308. The Kier molecular flexibility index (Phi) is 5.03. The summed E-state index contributed by atoms with van der Waals surface area (Å²) in [5.74, 6) is 0. The normalized spacial score (nSPS) is 13.3. The number of sulfonamides is 1. The highest BCUT2D eigenvalue weighted by atomic mass is 79.9. The minimum absolute atomic E-state index is 0.0511. The van der Waals surface area contributed by atoms with Gasteiger partial charge in [0.2, 0.25) is 0 Å². The molecule has 0 amide bonds. The van der Waals surface area contributed by atoms with Gasteiger partial charge in [-0.25, -0.2) is 13.1 Å². The van der Waals surface area contributed by atoms with Crippen molar-refractivity contribution in [3.05, 3.63) is 49.7 Å². The van der Waals surface area contributed by atoms with Crippen LogP contribution in [0.5, 0.6) is 0 Å². The third-order valence-corrected chi connectivity index (χ3v) is 6.56. The first-order valence-corrected chi connectivity index (χ1v) is 9.33. The second-order valence-electron chi connectivity index (χ2n) is 4.78. The Hall–Kier alpha value is -0.960. The van der Waals surface area contributed by atoms with Crippen molar-refractivity contribution in [3.63, 3.8) is 0 Å². The van der Waals surface area contributed by atoms with Gasteiger partial charge in [-0.2, -0.15) is 0 Å². The maximum atomic E-state index is 12.3. The zero-order chi connectivity index (χ0) is 15.6. The summed E-state index contributed by atoms with van der Waals surface area (Å²) >= 11 is 4.06. The first-order chi connectivity index (χ1) is 9.78. The van der Waals surface area contributed by atoms with Crippen molar-refractivity contribution in [1.82, 2.24) is 9.71 Å². The Labute approximate surface area is 135 Å². The average molecular weight is 391 g/mol. The zero-order valence-corrected chi connectivity index (χ0v) is 14.7. The van der Waals surface area contributed by atoms with Gasteiger partial charge in [0.25, 0.3) is 10.0 Å². The molecule has 114 valence electrons. The van der Waals surface area contributed by atoms with Crippen LogP contribution in [-0.2, 0) is 16.4 Å². The molecular formula is C13H15BrN2O3S2. The average Bonchev–Trinajstić information content (AvgIpc) is 2.71. The number of aromatic nitrogens is 1. The molecule has 1 heterocycles. The van der Waals surface area contributed by atoms with E-state index in [1.54, 1.807) is 13.8 Å². The lowest BCUT2D eigenvalue weighted by Gasteiger charge is -2.13. The van der Waals surface area contributed by atoms with Crippen LogP contribution in [0, 0.1) is 6.92 Å². The Morgan fingerprint density at radius 3 is 2.48 bits per heavy atom. The number of aromatic amines is 1. The molecule has 0 radical (unpaired) electrons. The molecule has 8 heteroatoms. The highest BCUT2D eigenvalue weighted by molar-refractivity contribution is 9.10. The fourth-order valence-corrected chi connectivity index (χ4v) is 4.81. The van der Waals surface area contributed by atoms with Crippen LogP contribution in [0.4, 0.5) is 0 Å². The number of nitrogens with one attached hydrogen (secondary N) is 2. The Morgan fingerprint density at radius 1 is 1.33 bits per heavy atom. The summed E-state index contributed by atoms with van der Waals surface area (Å²) in [5, 5.41) is 0. The predicted molar refractivity (Wildman–Crippen MR) is 87.3 cm³/mol. The largest absolute Gasteiger partial charge is 0.315 e. The molecule has 0 saturated heterocycles. The molecule has 0 aliphatic heterocycles. The first kappa shape index (κ1) is 16.4. The summed E-state index contributed by atoms with van der Waals surface area (Å²) in [6, 6.07) is 7.44. The van der Waals surface area contributed by atoms with Crippen molar-refractivity contribution < 1.29 is 8.42 Å². The number of halogens is 1. The van der Waals surface area contributed by atoms with Crippen LogP contribution in [-0.4, -0.2) is 19.4 Å². The van der Waals surface area contributed by atoms with E-state index in [0.717, 1.165) is 10.0 Å². The molecule has 2 rings (SSSR count). The van der Waals surface area contributed by atoms with Crippen LogP contribution in [0.15, 0.2) is 37.7 Å². The molecule has 1 aromatic heterocycles. The minimum atomic E-state index is -3.67. The summed E-state index contributed by atoms with van der Waals surface area (Å²) in [7, 11) is -3.67. The van der Waals surface area contributed by atoms with Crippen LogP contribution in [0.2, 0.25) is 0 Å². The molecule has 2 aromatic rings. The van der Waals surface area contributed by atoms with Crippen LogP contribution in [0.3, 0.4) is 0 Å². The van der Waals surface area contributed by atoms with Gasteiger partial charge in [-0.1, -0.05) is 39.4 Å². The van der Waals surface area contributed by atoms with Crippen molar-refractivity contribution in [1.29, 1.82) is 0 Å². The molecule has 1 aromatic carbocycles. The number of thiazole rings is 1. The summed E-state index contributed by atoms with van der Waals surface area (Å²) in [6.45, 7) is 3.37. The first-order valence-electron chi connectivity index (χ1n) is 6.24. The third-order valence-electron chi connectivity index (χ3n) is 2.84. The molecule has 21 heavy (non-hydrogen) atoms. The Bertz CT molecular complexity index is 778. The smallest absolute Gasteiger partial charge is 0.305 e. The minimum Gasteiger partial charge on any atom is -0.315 e. The molecule has 0 aliphatic carbocycles. The van der Waals surface area contributed by atoms with Gasteiger partial charge in [-0.05, 0) is 38.0 Å². The van der Waals surface area contributed by atoms with Gasteiger partial charge in [-0.3, -0.25) is 4.79 Å². The van der Waals surface area contributed by atoms with Crippen molar-refractivity contribution in [2.75, 3.05) is 0 Å². The second kappa shape index (κ2) is 6.43. The summed E-state index contributed by atoms with van der Waals surface area (Å²) in [5.41, 5.74) is 1.40. The molecule has 0 fully saturated rings. The Morgan fingerprint density at radius 2 is 1.95 bits per heavy atom. The standard InChI is InChI=1S/C13H15BrN2O3S2/c1-8(7-10-3-5-11(14)6-4-10)16-21(18,19)12-9(2)15-13(17)20-12/h3-6,8,16H,7H2,1-2H3,(H,15,17). The van der Waals surface area contributed by atoms with Crippen LogP contribution in [0.25, 0.3) is 0 Å².